The van der Waals surface area contributed by atoms with Gasteiger partial charge in [-0.2, -0.15) is 0 Å². The molecule has 0 heterocycles. The Balaban J connectivity index is 4.22. The summed E-state index contributed by atoms with van der Waals surface area (Å²) in [4.78, 5) is 0. The predicted molar refractivity (Wildman–Crippen MR) is 78.3 cm³/mol. The van der Waals surface area contributed by atoms with Gasteiger partial charge in [-0.15, -0.1) is 0 Å². The maximum Gasteiger partial charge on any atom is 0.373 e. The van der Waals surface area contributed by atoms with Gasteiger partial charge in [0.05, 0.1) is 13.2 Å². The molecule has 0 unspecified atom stereocenters. The van der Waals surface area contributed by atoms with Crippen molar-refractivity contribution in [3.8, 4) is 0 Å². The van der Waals surface area contributed by atoms with Crippen LogP contribution in [0.4, 0.5) is 0 Å². The molecule has 0 aliphatic rings. The Morgan fingerprint density at radius 3 is 1.83 bits per heavy atom. The first-order chi connectivity index (χ1) is 8.60. The van der Waals surface area contributed by atoms with Crippen molar-refractivity contribution in [3.05, 3.63) is 10.3 Å². The van der Waals surface area contributed by atoms with Crippen molar-refractivity contribution < 1.29 is 13.6 Å². The maximum atomic E-state index is 12.3. The fraction of sp³-hybridized carbons (Fsp3) is 0.833. The van der Waals surface area contributed by atoms with Crippen LogP contribution in [0.5, 0.6) is 0 Å². The normalized spacial score (nSPS) is 13.0. The van der Waals surface area contributed by atoms with Crippen molar-refractivity contribution in [2.45, 2.75) is 52.4 Å². The molecule has 0 aliphatic heterocycles. The zero-order valence-corrected chi connectivity index (χ0v) is 13.6. The van der Waals surface area contributed by atoms with Crippen molar-refractivity contribution >= 4 is 30.8 Å². The number of rotatable bonds is 11. The molecule has 3 nitrogen and oxygen atoms in total. The molecule has 108 valence electrons. The number of hydrogen-bond donors (Lipinski definition) is 0. The largest absolute Gasteiger partial charge is 0.373 e. The highest BCUT2D eigenvalue weighted by Gasteiger charge is 2.28. The van der Waals surface area contributed by atoms with E-state index in [0.29, 0.717) is 13.2 Å². The van der Waals surface area contributed by atoms with Gasteiger partial charge in [0.2, 0.25) is 0 Å². The second kappa shape index (κ2) is 11.3. The lowest BCUT2D eigenvalue weighted by atomic mass is 10.3. The first-order valence-electron chi connectivity index (χ1n) is 6.46. The van der Waals surface area contributed by atoms with Crippen LogP contribution in [0.25, 0.3) is 0 Å². The third-order valence-corrected chi connectivity index (χ3v) is 5.28. The molecule has 0 spiro atoms. The summed E-state index contributed by atoms with van der Waals surface area (Å²) < 4.78 is 22.9. The van der Waals surface area contributed by atoms with Gasteiger partial charge >= 0.3 is 7.60 Å². The summed E-state index contributed by atoms with van der Waals surface area (Å²) in [6.07, 6.45) is 5.88. The smallest absolute Gasteiger partial charge is 0.305 e. The summed E-state index contributed by atoms with van der Waals surface area (Å²) >= 11 is 11.3. The topological polar surface area (TPSA) is 35.5 Å². The molecular formula is C12H23Cl2O3P. The van der Waals surface area contributed by atoms with E-state index in [-0.39, 0.29) is 4.77 Å². The lowest BCUT2D eigenvalue weighted by Gasteiger charge is -2.17. The number of hydrogen-bond acceptors (Lipinski definition) is 3. The maximum absolute atomic E-state index is 12.3. The third-order valence-electron chi connectivity index (χ3n) is 2.37. The average molecular weight is 317 g/mol. The van der Waals surface area contributed by atoms with Gasteiger partial charge in [0.15, 0.2) is 0 Å². The first-order valence-corrected chi connectivity index (χ1v) is 8.82. The zero-order chi connectivity index (χ0) is 13.9. The Morgan fingerprint density at radius 1 is 1.06 bits per heavy atom. The highest BCUT2D eigenvalue weighted by atomic mass is 35.5. The molecule has 18 heavy (non-hydrogen) atoms. The monoisotopic (exact) mass is 316 g/mol. The van der Waals surface area contributed by atoms with Crippen LogP contribution in [0, 0.1) is 0 Å². The highest BCUT2D eigenvalue weighted by Crippen LogP contribution is 2.58. The van der Waals surface area contributed by atoms with Crippen molar-refractivity contribution in [3.63, 3.8) is 0 Å². The molecule has 0 radical (unpaired) electrons. The Labute approximate surface area is 120 Å². The molecule has 0 aromatic rings. The minimum Gasteiger partial charge on any atom is -0.305 e. The summed E-state index contributed by atoms with van der Waals surface area (Å²) in [6, 6.07) is 0. The molecule has 0 N–H and O–H groups in total. The second-order valence-electron chi connectivity index (χ2n) is 4.01. The van der Waals surface area contributed by atoms with Crippen LogP contribution in [0.3, 0.4) is 0 Å². The molecule has 0 rings (SSSR count). The molecule has 0 saturated carbocycles. The fourth-order valence-corrected chi connectivity index (χ4v) is 3.12. The van der Waals surface area contributed by atoms with Gasteiger partial charge in [-0.3, -0.25) is 4.57 Å². The summed E-state index contributed by atoms with van der Waals surface area (Å²) in [7, 11) is -3.40. The highest BCUT2D eigenvalue weighted by molar-refractivity contribution is 7.61. The molecular weight excluding hydrogens is 294 g/mol. The van der Waals surface area contributed by atoms with Crippen LogP contribution in [0.1, 0.15) is 52.4 Å². The summed E-state index contributed by atoms with van der Waals surface area (Å²) in [6.45, 7) is 4.93. The molecule has 0 amide bonds. The van der Waals surface area contributed by atoms with Crippen molar-refractivity contribution in [1.82, 2.24) is 0 Å². The van der Waals surface area contributed by atoms with Gasteiger partial charge in [-0.05, 0) is 12.8 Å². The van der Waals surface area contributed by atoms with Crippen LogP contribution >= 0.6 is 30.8 Å². The van der Waals surface area contributed by atoms with E-state index in [1.54, 1.807) is 0 Å². The lowest BCUT2D eigenvalue weighted by Crippen LogP contribution is -2.00. The van der Waals surface area contributed by atoms with E-state index in [2.05, 4.69) is 13.8 Å². The number of halogens is 2. The van der Waals surface area contributed by atoms with E-state index in [4.69, 9.17) is 32.2 Å². The Morgan fingerprint density at radius 2 is 1.50 bits per heavy atom. The van der Waals surface area contributed by atoms with E-state index >= 15 is 0 Å². The molecule has 0 bridgehead atoms. The van der Waals surface area contributed by atoms with Gasteiger partial charge < -0.3 is 9.05 Å². The van der Waals surface area contributed by atoms with Crippen LogP contribution < -0.4 is 0 Å². The van der Waals surface area contributed by atoms with Gasteiger partial charge in [0.1, 0.15) is 4.77 Å². The van der Waals surface area contributed by atoms with E-state index < -0.39 is 7.60 Å². The minimum atomic E-state index is -3.40. The van der Waals surface area contributed by atoms with E-state index in [9.17, 15) is 4.57 Å². The summed E-state index contributed by atoms with van der Waals surface area (Å²) in [5.41, 5.74) is 1.06. The van der Waals surface area contributed by atoms with Crippen LogP contribution in [0.15, 0.2) is 10.3 Å². The molecule has 0 aliphatic carbocycles. The first kappa shape index (κ1) is 18.5. The fourth-order valence-electron chi connectivity index (χ4n) is 1.29. The van der Waals surface area contributed by atoms with Crippen LogP contribution in [0.2, 0.25) is 0 Å². The molecule has 0 aromatic heterocycles. The predicted octanol–water partition coefficient (Wildman–Crippen LogP) is 5.87. The quantitative estimate of drug-likeness (QED) is 0.353. The van der Waals surface area contributed by atoms with Crippen LogP contribution in [-0.2, 0) is 13.6 Å². The third kappa shape index (κ3) is 7.81. The van der Waals surface area contributed by atoms with Gasteiger partial charge in [0, 0.05) is 5.54 Å². The van der Waals surface area contributed by atoms with E-state index in [1.165, 1.54) is 0 Å². The van der Waals surface area contributed by atoms with Crippen LogP contribution in [-0.4, -0.2) is 13.2 Å². The van der Waals surface area contributed by atoms with Crippen molar-refractivity contribution in [2.75, 3.05) is 13.2 Å². The summed E-state index contributed by atoms with van der Waals surface area (Å²) in [5, 5.41) is 0. The average Bonchev–Trinajstić information content (AvgIpc) is 2.39. The Hall–Kier alpha value is 0.470. The van der Waals surface area contributed by atoms with Gasteiger partial charge in [0.25, 0.3) is 0 Å². The van der Waals surface area contributed by atoms with Gasteiger partial charge in [-0.25, -0.2) is 0 Å². The van der Waals surface area contributed by atoms with E-state index in [1.807, 2.05) is 0 Å². The zero-order valence-electron chi connectivity index (χ0n) is 11.2. The standard InChI is InChI=1S/C12H23Cl2O3P/c1-3-5-7-9-16-18(15,12(14)11-13)17-10-8-6-4-2/h11H,3-10H2,1-2H3/b12-11+. The SMILES string of the molecule is CCCCCOP(=O)(OCCCCC)/C(Cl)=C/Cl. The molecule has 0 aromatic carbocycles. The molecule has 0 atom stereocenters. The molecule has 0 saturated heterocycles. The second-order valence-corrected chi connectivity index (χ2v) is 6.89. The molecule has 0 fully saturated rings. The van der Waals surface area contributed by atoms with Gasteiger partial charge in [-0.1, -0.05) is 62.7 Å². The molecule has 6 heteroatoms. The minimum absolute atomic E-state index is 0.0443. The lowest BCUT2D eigenvalue weighted by molar-refractivity contribution is 0.205. The Kier molecular flexibility index (Phi) is 11.6. The summed E-state index contributed by atoms with van der Waals surface area (Å²) in [5.74, 6) is 0. The van der Waals surface area contributed by atoms with Crippen molar-refractivity contribution in [2.24, 2.45) is 0 Å². The number of unbranched alkanes of at least 4 members (excludes halogenated alkanes) is 4. The van der Waals surface area contributed by atoms with Crippen molar-refractivity contribution in [1.29, 1.82) is 0 Å². The Bertz CT molecular complexity index is 266. The van der Waals surface area contributed by atoms with E-state index in [0.717, 1.165) is 44.1 Å².